The van der Waals surface area contributed by atoms with E-state index >= 15 is 0 Å². The van der Waals surface area contributed by atoms with Gasteiger partial charge in [-0.1, -0.05) is 12.1 Å². The molecule has 0 saturated carbocycles. The van der Waals surface area contributed by atoms with Crippen LogP contribution in [0.3, 0.4) is 0 Å². The van der Waals surface area contributed by atoms with Crippen molar-refractivity contribution >= 4 is 5.91 Å². The van der Waals surface area contributed by atoms with Crippen molar-refractivity contribution in [3.63, 3.8) is 0 Å². The molecule has 0 spiro atoms. The number of rotatable bonds is 4. The highest BCUT2D eigenvalue weighted by molar-refractivity contribution is 5.80. The van der Waals surface area contributed by atoms with Gasteiger partial charge in [0.2, 0.25) is 0 Å². The minimum atomic E-state index is -4.39. The average Bonchev–Trinajstić information content (AvgIpc) is 2.34. The normalized spacial score (nSPS) is 13.2. The Labute approximate surface area is 101 Å². The first-order chi connectivity index (χ1) is 8.34. The maximum atomic E-state index is 12.3. The van der Waals surface area contributed by atoms with Crippen molar-refractivity contribution in [3.05, 3.63) is 35.4 Å². The first kappa shape index (κ1) is 14.5. The number of aliphatic hydroxyl groups is 2. The lowest BCUT2D eigenvalue weighted by Crippen LogP contribution is -2.36. The summed E-state index contributed by atoms with van der Waals surface area (Å²) in [7, 11) is 0. The van der Waals surface area contributed by atoms with Gasteiger partial charge >= 0.3 is 6.18 Å². The van der Waals surface area contributed by atoms with E-state index in [0.717, 1.165) is 12.1 Å². The van der Waals surface area contributed by atoms with Gasteiger partial charge in [0.15, 0.2) is 6.10 Å². The predicted octanol–water partition coefficient (Wildman–Crippen LogP) is 0.675. The second-order valence-corrected chi connectivity index (χ2v) is 3.61. The summed E-state index contributed by atoms with van der Waals surface area (Å²) in [6, 6.07) is 4.27. The molecule has 3 N–H and O–H groups in total. The minimum Gasteiger partial charge on any atom is -0.393 e. The Morgan fingerprint density at radius 1 is 1.28 bits per heavy atom. The molecule has 1 aromatic carbocycles. The average molecular weight is 263 g/mol. The van der Waals surface area contributed by atoms with Crippen LogP contribution in [-0.2, 0) is 17.5 Å². The van der Waals surface area contributed by atoms with E-state index in [0.29, 0.717) is 5.56 Å². The number of halogens is 3. The van der Waals surface area contributed by atoms with Crippen molar-refractivity contribution in [2.24, 2.45) is 0 Å². The van der Waals surface area contributed by atoms with Gasteiger partial charge in [-0.2, -0.15) is 13.2 Å². The fraction of sp³-hybridized carbons (Fsp3) is 0.364. The standard InChI is InChI=1S/C11H12F3NO3/c12-11(13,14)8-3-1-7(2-4-8)5-15-10(18)9(17)6-16/h1-4,9,16-17H,5-6H2,(H,15,18). The Balaban J connectivity index is 2.57. The van der Waals surface area contributed by atoms with Gasteiger partial charge in [0, 0.05) is 6.54 Å². The number of aliphatic hydroxyl groups excluding tert-OH is 2. The summed E-state index contributed by atoms with van der Waals surface area (Å²) < 4.78 is 36.8. The minimum absolute atomic E-state index is 0.0198. The van der Waals surface area contributed by atoms with Gasteiger partial charge in [0.05, 0.1) is 12.2 Å². The molecule has 0 bridgehead atoms. The van der Waals surface area contributed by atoms with Crippen molar-refractivity contribution in [3.8, 4) is 0 Å². The van der Waals surface area contributed by atoms with Crippen molar-refractivity contribution in [2.45, 2.75) is 18.8 Å². The van der Waals surface area contributed by atoms with E-state index in [4.69, 9.17) is 10.2 Å². The molecule has 0 heterocycles. The molecule has 0 aliphatic rings. The lowest BCUT2D eigenvalue weighted by atomic mass is 10.1. The first-order valence-corrected chi connectivity index (χ1v) is 5.07. The van der Waals surface area contributed by atoms with Crippen molar-refractivity contribution < 1.29 is 28.2 Å². The van der Waals surface area contributed by atoms with Gasteiger partial charge in [0.25, 0.3) is 5.91 Å². The fourth-order valence-electron chi connectivity index (χ4n) is 1.20. The van der Waals surface area contributed by atoms with Crippen LogP contribution < -0.4 is 5.32 Å². The predicted molar refractivity (Wildman–Crippen MR) is 56.4 cm³/mol. The van der Waals surface area contributed by atoms with Crippen LogP contribution in [0.15, 0.2) is 24.3 Å². The molecule has 18 heavy (non-hydrogen) atoms. The van der Waals surface area contributed by atoms with Crippen LogP contribution in [0.25, 0.3) is 0 Å². The molecule has 0 saturated heterocycles. The second-order valence-electron chi connectivity index (χ2n) is 3.61. The zero-order chi connectivity index (χ0) is 13.8. The van der Waals surface area contributed by atoms with Gasteiger partial charge in [0.1, 0.15) is 0 Å². The number of carbonyl (C=O) groups excluding carboxylic acids is 1. The Morgan fingerprint density at radius 2 is 1.83 bits per heavy atom. The molecule has 1 aromatic rings. The van der Waals surface area contributed by atoms with Crippen LogP contribution in [0.2, 0.25) is 0 Å². The van der Waals surface area contributed by atoms with Crippen LogP contribution >= 0.6 is 0 Å². The molecule has 0 aliphatic carbocycles. The molecule has 0 aliphatic heterocycles. The second kappa shape index (κ2) is 5.83. The van der Waals surface area contributed by atoms with Gasteiger partial charge < -0.3 is 15.5 Å². The Hall–Kier alpha value is -1.60. The summed E-state index contributed by atoms with van der Waals surface area (Å²) in [6.07, 6.45) is -5.92. The lowest BCUT2D eigenvalue weighted by molar-refractivity contribution is -0.137. The monoisotopic (exact) mass is 263 g/mol. The van der Waals surface area contributed by atoms with Crippen molar-refractivity contribution in [2.75, 3.05) is 6.61 Å². The molecule has 1 amide bonds. The van der Waals surface area contributed by atoms with E-state index in [1.54, 1.807) is 0 Å². The number of nitrogens with one attached hydrogen (secondary N) is 1. The topological polar surface area (TPSA) is 69.6 Å². The van der Waals surface area contributed by atoms with Gasteiger partial charge in [-0.25, -0.2) is 0 Å². The molecule has 100 valence electrons. The van der Waals surface area contributed by atoms with E-state index in [2.05, 4.69) is 5.32 Å². The van der Waals surface area contributed by atoms with E-state index in [1.807, 2.05) is 0 Å². The number of carbonyl (C=O) groups is 1. The summed E-state index contributed by atoms with van der Waals surface area (Å²) in [5.41, 5.74) is -0.311. The number of hydrogen-bond acceptors (Lipinski definition) is 3. The Kier molecular flexibility index (Phi) is 4.69. The molecular formula is C11H12F3NO3. The van der Waals surface area contributed by atoms with E-state index < -0.39 is 30.4 Å². The largest absolute Gasteiger partial charge is 0.416 e. The van der Waals surface area contributed by atoms with E-state index in [-0.39, 0.29) is 6.54 Å². The maximum Gasteiger partial charge on any atom is 0.416 e. The molecule has 1 rings (SSSR count). The van der Waals surface area contributed by atoms with Crippen molar-refractivity contribution in [1.29, 1.82) is 0 Å². The summed E-state index contributed by atoms with van der Waals surface area (Å²) in [4.78, 5) is 11.1. The number of alkyl halides is 3. The van der Waals surface area contributed by atoms with Crippen LogP contribution in [0.5, 0.6) is 0 Å². The fourth-order valence-corrected chi connectivity index (χ4v) is 1.20. The Bertz CT molecular complexity index is 403. The molecule has 1 atom stereocenters. The molecule has 4 nitrogen and oxygen atoms in total. The first-order valence-electron chi connectivity index (χ1n) is 5.07. The van der Waals surface area contributed by atoms with Gasteiger partial charge in [-0.3, -0.25) is 4.79 Å². The quantitative estimate of drug-likeness (QED) is 0.748. The number of benzene rings is 1. The highest BCUT2D eigenvalue weighted by atomic mass is 19.4. The number of amides is 1. The van der Waals surface area contributed by atoms with Crippen LogP contribution in [0.4, 0.5) is 13.2 Å². The van der Waals surface area contributed by atoms with Gasteiger partial charge in [-0.15, -0.1) is 0 Å². The van der Waals surface area contributed by atoms with E-state index in [1.165, 1.54) is 12.1 Å². The molecule has 0 fully saturated rings. The van der Waals surface area contributed by atoms with E-state index in [9.17, 15) is 18.0 Å². The smallest absolute Gasteiger partial charge is 0.393 e. The highest BCUT2D eigenvalue weighted by Gasteiger charge is 2.29. The zero-order valence-corrected chi connectivity index (χ0v) is 9.24. The van der Waals surface area contributed by atoms with Crippen molar-refractivity contribution in [1.82, 2.24) is 5.32 Å². The molecule has 7 heteroatoms. The Morgan fingerprint density at radius 3 is 2.28 bits per heavy atom. The summed E-state index contributed by atoms with van der Waals surface area (Å²) in [6.45, 7) is -0.729. The summed E-state index contributed by atoms with van der Waals surface area (Å²) >= 11 is 0. The molecule has 0 aromatic heterocycles. The SMILES string of the molecule is O=C(NCc1ccc(C(F)(F)F)cc1)C(O)CO. The molecule has 1 unspecified atom stereocenters. The van der Waals surface area contributed by atoms with Gasteiger partial charge in [-0.05, 0) is 17.7 Å². The summed E-state index contributed by atoms with van der Waals surface area (Å²) in [5.74, 6) is -0.780. The van der Waals surface area contributed by atoms with Crippen LogP contribution in [0.1, 0.15) is 11.1 Å². The number of hydrogen-bond donors (Lipinski definition) is 3. The third-order valence-corrected chi connectivity index (χ3v) is 2.22. The molecule has 0 radical (unpaired) electrons. The highest BCUT2D eigenvalue weighted by Crippen LogP contribution is 2.28. The van der Waals surface area contributed by atoms with Crippen LogP contribution in [0, 0.1) is 0 Å². The third kappa shape index (κ3) is 4.01. The van der Waals surface area contributed by atoms with Crippen LogP contribution in [-0.4, -0.2) is 28.8 Å². The maximum absolute atomic E-state index is 12.3. The summed E-state index contributed by atoms with van der Waals surface area (Å²) in [5, 5.41) is 19.7. The lowest BCUT2D eigenvalue weighted by Gasteiger charge is -2.10. The zero-order valence-electron chi connectivity index (χ0n) is 9.24. The third-order valence-electron chi connectivity index (χ3n) is 2.22. The molecular weight excluding hydrogens is 251 g/mol.